The fraction of sp³-hybridized carbons (Fsp3) is 0.627. The van der Waals surface area contributed by atoms with Gasteiger partial charge in [0.15, 0.2) is 6.10 Å². The van der Waals surface area contributed by atoms with E-state index in [-0.39, 0.29) is 38.0 Å². The van der Waals surface area contributed by atoms with Crippen molar-refractivity contribution in [1.82, 2.24) is 0 Å². The van der Waals surface area contributed by atoms with E-state index < -0.39 is 12.1 Å². The normalized spacial score (nSPS) is 13.0. The summed E-state index contributed by atoms with van der Waals surface area (Å²) in [7, 11) is 0. The molecule has 0 bridgehead atoms. The summed E-state index contributed by atoms with van der Waals surface area (Å²) in [6.45, 7) is 6.32. The standard InChI is InChI=1S/C51H82O6/c1-4-7-10-13-16-19-22-25-28-31-34-37-40-43-49(52)55-46-48(57-51(54)45-42-39-36-33-30-27-24-21-18-15-12-9-6-3)47-56-50(53)44-41-38-35-32-29-26-23-20-17-14-11-8-5-2/h7,10,13,16,19,22,25-31,34,36,39,48H,4-6,8-9,11-12,14-15,17-18,20-21,23-24,32-33,35,37-38,40-47H2,1-3H3/b10-7-,16-13-,22-19-,28-25-,29-26-,30-27-,34-31-,39-36-. The van der Waals surface area contributed by atoms with Crippen LogP contribution in [0.25, 0.3) is 0 Å². The van der Waals surface area contributed by atoms with Crippen LogP contribution in [0.15, 0.2) is 97.2 Å². The molecule has 0 radical (unpaired) electrons. The molecule has 6 heteroatoms. The van der Waals surface area contributed by atoms with E-state index in [1.165, 1.54) is 77.0 Å². The van der Waals surface area contributed by atoms with Gasteiger partial charge in [-0.3, -0.25) is 14.4 Å². The average molecular weight is 791 g/mol. The highest BCUT2D eigenvalue weighted by atomic mass is 16.6. The van der Waals surface area contributed by atoms with Gasteiger partial charge in [0.05, 0.1) is 0 Å². The maximum absolute atomic E-state index is 12.7. The van der Waals surface area contributed by atoms with Crippen LogP contribution in [-0.2, 0) is 28.6 Å². The quantitative estimate of drug-likeness (QED) is 0.0203. The lowest BCUT2D eigenvalue weighted by Crippen LogP contribution is -2.30. The summed E-state index contributed by atoms with van der Waals surface area (Å²) < 4.78 is 16.6. The molecular formula is C51H82O6. The Balaban J connectivity index is 4.61. The lowest BCUT2D eigenvalue weighted by atomic mass is 10.1. The molecular weight excluding hydrogens is 709 g/mol. The minimum Gasteiger partial charge on any atom is -0.462 e. The zero-order chi connectivity index (χ0) is 41.5. The molecule has 0 saturated carbocycles. The van der Waals surface area contributed by atoms with Crippen LogP contribution in [0.3, 0.4) is 0 Å². The van der Waals surface area contributed by atoms with Gasteiger partial charge < -0.3 is 14.2 Å². The topological polar surface area (TPSA) is 78.9 Å². The van der Waals surface area contributed by atoms with Gasteiger partial charge in [0.2, 0.25) is 0 Å². The lowest BCUT2D eigenvalue weighted by Gasteiger charge is -2.18. The van der Waals surface area contributed by atoms with Crippen molar-refractivity contribution in [3.05, 3.63) is 97.2 Å². The number of allylic oxidation sites excluding steroid dienone is 16. The van der Waals surface area contributed by atoms with Crippen LogP contribution in [0.2, 0.25) is 0 Å². The number of carbonyl (C=O) groups is 3. The van der Waals surface area contributed by atoms with E-state index in [9.17, 15) is 14.4 Å². The highest BCUT2D eigenvalue weighted by Crippen LogP contribution is 2.11. The van der Waals surface area contributed by atoms with Gasteiger partial charge in [-0.2, -0.15) is 0 Å². The third-order valence-electron chi connectivity index (χ3n) is 9.18. The molecule has 322 valence electrons. The summed E-state index contributed by atoms with van der Waals surface area (Å²) in [4.78, 5) is 37.7. The SMILES string of the molecule is CC\C=C/C=C\C=C/C=C\C=C/CCCC(=O)OCC(COC(=O)CCCCC/C=C\CCCCCCCC)OC(=O)CC/C=C\C/C=C\CCCCCCCC. The number of ether oxygens (including phenoxy) is 3. The Labute approximate surface area is 349 Å². The van der Waals surface area contributed by atoms with E-state index in [2.05, 4.69) is 57.2 Å². The summed E-state index contributed by atoms with van der Waals surface area (Å²) in [5.41, 5.74) is 0. The van der Waals surface area contributed by atoms with E-state index in [1.807, 2.05) is 60.8 Å². The molecule has 0 aromatic carbocycles. The van der Waals surface area contributed by atoms with Crippen molar-refractivity contribution in [2.24, 2.45) is 0 Å². The van der Waals surface area contributed by atoms with E-state index in [0.717, 1.165) is 57.8 Å². The first-order valence-corrected chi connectivity index (χ1v) is 22.8. The number of unbranched alkanes of at least 4 members (excludes halogenated alkanes) is 16. The first-order valence-electron chi connectivity index (χ1n) is 22.8. The fourth-order valence-corrected chi connectivity index (χ4v) is 5.75. The molecule has 57 heavy (non-hydrogen) atoms. The van der Waals surface area contributed by atoms with Crippen LogP contribution >= 0.6 is 0 Å². The summed E-state index contributed by atoms with van der Waals surface area (Å²) >= 11 is 0. The predicted molar refractivity (Wildman–Crippen MR) is 242 cm³/mol. The molecule has 1 unspecified atom stereocenters. The second-order valence-electron chi connectivity index (χ2n) is 14.7. The number of hydrogen-bond acceptors (Lipinski definition) is 6. The maximum atomic E-state index is 12.7. The van der Waals surface area contributed by atoms with Gasteiger partial charge in [-0.05, 0) is 77.0 Å². The van der Waals surface area contributed by atoms with Gasteiger partial charge in [0.25, 0.3) is 0 Å². The second kappa shape index (κ2) is 45.0. The Morgan fingerprint density at radius 3 is 1.35 bits per heavy atom. The maximum Gasteiger partial charge on any atom is 0.306 e. The Morgan fingerprint density at radius 1 is 0.386 bits per heavy atom. The van der Waals surface area contributed by atoms with Gasteiger partial charge in [-0.25, -0.2) is 0 Å². The largest absolute Gasteiger partial charge is 0.462 e. The van der Waals surface area contributed by atoms with Gasteiger partial charge in [0.1, 0.15) is 13.2 Å². The highest BCUT2D eigenvalue weighted by Gasteiger charge is 2.19. The second-order valence-corrected chi connectivity index (χ2v) is 14.7. The molecule has 0 spiro atoms. The van der Waals surface area contributed by atoms with Crippen molar-refractivity contribution in [1.29, 1.82) is 0 Å². The van der Waals surface area contributed by atoms with Crippen molar-refractivity contribution in [3.63, 3.8) is 0 Å². The van der Waals surface area contributed by atoms with Crippen LogP contribution in [-0.4, -0.2) is 37.2 Å². The van der Waals surface area contributed by atoms with Gasteiger partial charge in [0, 0.05) is 19.3 Å². The van der Waals surface area contributed by atoms with Crippen molar-refractivity contribution in [2.45, 2.75) is 194 Å². The molecule has 0 aromatic heterocycles. The Hall–Kier alpha value is -3.67. The number of carbonyl (C=O) groups excluding carboxylic acids is 3. The van der Waals surface area contributed by atoms with Crippen LogP contribution < -0.4 is 0 Å². The monoisotopic (exact) mass is 791 g/mol. The highest BCUT2D eigenvalue weighted by molar-refractivity contribution is 5.71. The van der Waals surface area contributed by atoms with Gasteiger partial charge >= 0.3 is 17.9 Å². The molecule has 0 amide bonds. The van der Waals surface area contributed by atoms with E-state index in [0.29, 0.717) is 19.3 Å². The lowest BCUT2D eigenvalue weighted by molar-refractivity contribution is -0.166. The Kier molecular flexibility index (Phi) is 42.1. The number of esters is 3. The van der Waals surface area contributed by atoms with Gasteiger partial charge in [-0.1, -0.05) is 189 Å². The molecule has 0 aliphatic rings. The molecule has 1 atom stereocenters. The number of rotatable bonds is 39. The molecule has 0 aliphatic heterocycles. The molecule has 0 saturated heterocycles. The van der Waals surface area contributed by atoms with Crippen molar-refractivity contribution in [3.8, 4) is 0 Å². The number of hydrogen-bond donors (Lipinski definition) is 0. The molecule has 6 nitrogen and oxygen atoms in total. The van der Waals surface area contributed by atoms with Crippen molar-refractivity contribution >= 4 is 17.9 Å². The third kappa shape index (κ3) is 43.3. The van der Waals surface area contributed by atoms with E-state index >= 15 is 0 Å². The Morgan fingerprint density at radius 2 is 0.807 bits per heavy atom. The fourth-order valence-electron chi connectivity index (χ4n) is 5.75. The zero-order valence-corrected chi connectivity index (χ0v) is 36.6. The minimum atomic E-state index is -0.841. The van der Waals surface area contributed by atoms with Crippen molar-refractivity contribution in [2.75, 3.05) is 13.2 Å². The average Bonchev–Trinajstić information content (AvgIpc) is 3.21. The molecule has 0 aromatic rings. The third-order valence-corrected chi connectivity index (χ3v) is 9.18. The molecule has 0 rings (SSSR count). The first-order chi connectivity index (χ1) is 28.0. The van der Waals surface area contributed by atoms with Gasteiger partial charge in [-0.15, -0.1) is 0 Å². The van der Waals surface area contributed by atoms with E-state index in [1.54, 1.807) is 0 Å². The molecule has 0 N–H and O–H groups in total. The summed E-state index contributed by atoms with van der Waals surface area (Å²) in [6.07, 6.45) is 58.4. The summed E-state index contributed by atoms with van der Waals surface area (Å²) in [5.74, 6) is -1.10. The van der Waals surface area contributed by atoms with Crippen LogP contribution in [0.1, 0.15) is 188 Å². The van der Waals surface area contributed by atoms with Crippen LogP contribution in [0.4, 0.5) is 0 Å². The Bertz CT molecular complexity index is 1180. The zero-order valence-electron chi connectivity index (χ0n) is 36.6. The summed E-state index contributed by atoms with van der Waals surface area (Å²) in [6, 6.07) is 0. The van der Waals surface area contributed by atoms with Crippen LogP contribution in [0, 0.1) is 0 Å². The summed E-state index contributed by atoms with van der Waals surface area (Å²) in [5, 5.41) is 0. The van der Waals surface area contributed by atoms with E-state index in [4.69, 9.17) is 14.2 Å². The smallest absolute Gasteiger partial charge is 0.306 e. The molecule has 0 fully saturated rings. The van der Waals surface area contributed by atoms with Crippen LogP contribution in [0.5, 0.6) is 0 Å². The molecule has 0 heterocycles. The predicted octanol–water partition coefficient (Wildman–Crippen LogP) is 14.6. The first kappa shape index (κ1) is 53.3. The minimum absolute atomic E-state index is 0.132. The van der Waals surface area contributed by atoms with Crippen molar-refractivity contribution < 1.29 is 28.6 Å². The molecule has 0 aliphatic carbocycles.